The topological polar surface area (TPSA) is 291 Å². The number of aryl methyl sites for hydroxylation is 2. The Bertz CT molecular complexity index is 2640. The Hall–Kier alpha value is -5.48. The van der Waals surface area contributed by atoms with E-state index in [4.69, 9.17) is 0 Å². The zero-order valence-electron chi connectivity index (χ0n) is 29.8. The molecule has 0 bridgehead atoms. The molecule has 0 fully saturated rings. The quantitative estimate of drug-likeness (QED) is 0.0433. The summed E-state index contributed by atoms with van der Waals surface area (Å²) in [5.74, 6) is -0.555. The molecule has 0 heterocycles. The maximum absolute atomic E-state index is 11.5. The molecule has 0 radical (unpaired) electrons. The third-order valence-corrected chi connectivity index (χ3v) is 10.1. The first-order valence-corrected chi connectivity index (χ1v) is 19.1. The molecule has 0 aliphatic heterocycles. The summed E-state index contributed by atoms with van der Waals surface area (Å²) in [6.07, 6.45) is 1.10. The van der Waals surface area contributed by atoms with Crippen LogP contribution < -0.4 is 0 Å². The van der Waals surface area contributed by atoms with E-state index in [0.717, 1.165) is 0 Å². The maximum atomic E-state index is 11.5. The number of aromatic hydroxyl groups is 2. The molecule has 0 saturated heterocycles. The zero-order chi connectivity index (χ0) is 40.9. The summed E-state index contributed by atoms with van der Waals surface area (Å²) in [6, 6.07) is 21.4. The minimum Gasteiger partial charge on any atom is -0.744 e. The number of nitrogens with zero attached hydrogens (tertiary/aromatic N) is 6. The molecule has 18 nitrogen and oxygen atoms in total. The number of benzene rings is 6. The number of non-ortho nitro benzene ring substituents is 2. The van der Waals surface area contributed by atoms with Crippen LogP contribution in [0.4, 0.5) is 34.1 Å². The van der Waals surface area contributed by atoms with Gasteiger partial charge < -0.3 is 19.3 Å². The van der Waals surface area contributed by atoms with Gasteiger partial charge in [0.25, 0.3) is 11.4 Å². The second-order valence-corrected chi connectivity index (χ2v) is 14.4. The van der Waals surface area contributed by atoms with Crippen molar-refractivity contribution >= 4 is 114 Å². The Morgan fingerprint density at radius 1 is 0.544 bits per heavy atom. The fourth-order valence-electron chi connectivity index (χ4n) is 5.57. The van der Waals surface area contributed by atoms with Crippen LogP contribution in [0.1, 0.15) is 25.0 Å². The molecule has 0 saturated carbocycles. The molecule has 288 valence electrons. The third kappa shape index (κ3) is 10.1. The van der Waals surface area contributed by atoms with Crippen molar-refractivity contribution in [1.29, 1.82) is 0 Å². The molecule has 21 heteroatoms. The molecule has 0 aromatic heterocycles. The van der Waals surface area contributed by atoms with Gasteiger partial charge in [-0.25, -0.2) is 16.8 Å². The molecule has 0 unspecified atom stereocenters. The average Bonchev–Trinajstić information content (AvgIpc) is 3.15. The largest absolute Gasteiger partial charge is 2.00 e. The summed E-state index contributed by atoms with van der Waals surface area (Å²) in [5.41, 5.74) is 1.50. The molecule has 0 aliphatic rings. The van der Waals surface area contributed by atoms with Crippen LogP contribution >= 0.6 is 0 Å². The first kappa shape index (κ1) is 44.2. The number of azo groups is 2. The van der Waals surface area contributed by atoms with Crippen LogP contribution in [0.5, 0.6) is 11.5 Å². The van der Waals surface area contributed by atoms with Crippen molar-refractivity contribution in [3.05, 3.63) is 128 Å². The summed E-state index contributed by atoms with van der Waals surface area (Å²) in [5, 5.41) is 59.0. The van der Waals surface area contributed by atoms with Gasteiger partial charge in [-0.1, -0.05) is 50.2 Å². The minimum atomic E-state index is -4.73. The number of nitro benzene ring substituents is 2. The summed E-state index contributed by atoms with van der Waals surface area (Å²) in [4.78, 5) is 20.0. The Kier molecular flexibility index (Phi) is 14.1. The molecule has 0 aliphatic carbocycles. The smallest absolute Gasteiger partial charge is 0.744 e. The Labute approximate surface area is 354 Å². The van der Waals surface area contributed by atoms with Gasteiger partial charge in [0.1, 0.15) is 43.1 Å². The summed E-state index contributed by atoms with van der Waals surface area (Å²) in [7, 11) is -9.46. The van der Waals surface area contributed by atoms with Gasteiger partial charge in [-0.15, -0.1) is 20.5 Å². The molecule has 6 rings (SSSR count). The van der Waals surface area contributed by atoms with Gasteiger partial charge in [-0.05, 0) is 60.4 Å². The van der Waals surface area contributed by atoms with Crippen molar-refractivity contribution in [2.75, 3.05) is 0 Å². The molecule has 0 amide bonds. The van der Waals surface area contributed by atoms with E-state index in [-0.39, 0.29) is 105 Å². The molecule has 6 aromatic carbocycles. The predicted octanol–water partition coefficient (Wildman–Crippen LogP) is 8.29. The van der Waals surface area contributed by atoms with Crippen LogP contribution in [-0.4, -0.2) is 83.7 Å². The normalized spacial score (nSPS) is 11.7. The zero-order valence-corrected chi connectivity index (χ0v) is 33.7. The van der Waals surface area contributed by atoms with Gasteiger partial charge in [-0.2, -0.15) is 0 Å². The SMILES string of the molecule is CCc1ccc([N+](=O)[O-])cc1N=Nc1c(O)ccc2c(S(=O)(=O)[O-])cccc12.CCc1ccc([N+](=O)[O-])cc1N=Nc1c(O)ccc2c(S(=O)(=O)[O-])cccc12.[Ca+2]. The number of phenolic OH excluding ortho intramolecular Hbond substituents is 2. The number of hydrogen-bond acceptors (Lipinski definition) is 16. The number of nitro groups is 2. The molecular formula is C36H28CaN6O12S2. The summed E-state index contributed by atoms with van der Waals surface area (Å²) < 4.78 is 68.8. The maximum Gasteiger partial charge on any atom is 2.00 e. The van der Waals surface area contributed by atoms with E-state index in [1.54, 1.807) is 12.1 Å². The monoisotopic (exact) mass is 840 g/mol. The second-order valence-electron chi connectivity index (χ2n) is 11.7. The Balaban J connectivity index is 0.000000248. The van der Waals surface area contributed by atoms with E-state index in [1.807, 2.05) is 13.8 Å². The summed E-state index contributed by atoms with van der Waals surface area (Å²) in [6.45, 7) is 3.70. The van der Waals surface area contributed by atoms with Crippen molar-refractivity contribution in [1.82, 2.24) is 0 Å². The number of fused-ring (bicyclic) bond motifs is 2. The second kappa shape index (κ2) is 18.2. The van der Waals surface area contributed by atoms with Gasteiger partial charge in [0, 0.05) is 45.8 Å². The molecular weight excluding hydrogens is 813 g/mol. The van der Waals surface area contributed by atoms with Crippen LogP contribution in [0.3, 0.4) is 0 Å². The van der Waals surface area contributed by atoms with Crippen LogP contribution in [0.2, 0.25) is 0 Å². The molecule has 2 N–H and O–H groups in total. The average molecular weight is 841 g/mol. The van der Waals surface area contributed by atoms with Crippen molar-refractivity contribution in [3.63, 3.8) is 0 Å². The summed E-state index contributed by atoms with van der Waals surface area (Å²) >= 11 is 0. The number of hydrogen-bond donors (Lipinski definition) is 2. The number of phenols is 2. The molecule has 0 atom stereocenters. The number of rotatable bonds is 10. The van der Waals surface area contributed by atoms with Crippen molar-refractivity contribution in [2.45, 2.75) is 36.5 Å². The molecule has 57 heavy (non-hydrogen) atoms. The van der Waals surface area contributed by atoms with E-state index in [0.29, 0.717) is 24.0 Å². The molecule has 0 spiro atoms. The van der Waals surface area contributed by atoms with Gasteiger partial charge in [-0.3, -0.25) is 20.2 Å². The standard InChI is InChI=1S/2C18H15N3O6S.Ca/c2*1-2-11-6-7-12(21(23)24)10-15(11)19-20-18-14-4-3-5-17(28(25,26)27)13(14)8-9-16(18)22;/h2*3-10,22H,2H2,1H3,(H,25,26,27);/q;;+2/p-2. The van der Waals surface area contributed by atoms with Gasteiger partial charge in [0.15, 0.2) is 0 Å². The van der Waals surface area contributed by atoms with Gasteiger partial charge in [0.05, 0.1) is 31.0 Å². The third-order valence-electron chi connectivity index (χ3n) is 8.32. The Morgan fingerprint density at radius 2 is 0.912 bits per heavy atom. The predicted molar refractivity (Wildman–Crippen MR) is 206 cm³/mol. The van der Waals surface area contributed by atoms with Crippen LogP contribution in [0.25, 0.3) is 21.5 Å². The van der Waals surface area contributed by atoms with Crippen molar-refractivity contribution in [3.8, 4) is 11.5 Å². The first-order chi connectivity index (χ1) is 26.4. The molecule has 6 aromatic rings. The van der Waals surface area contributed by atoms with Crippen molar-refractivity contribution in [2.24, 2.45) is 20.5 Å². The van der Waals surface area contributed by atoms with E-state index >= 15 is 0 Å². The van der Waals surface area contributed by atoms with E-state index in [9.17, 15) is 56.4 Å². The van der Waals surface area contributed by atoms with Gasteiger partial charge >= 0.3 is 37.7 Å². The fourth-order valence-corrected chi connectivity index (χ4v) is 6.96. The van der Waals surface area contributed by atoms with Crippen molar-refractivity contribution < 1.29 is 46.0 Å². The van der Waals surface area contributed by atoms with E-state index in [2.05, 4.69) is 20.5 Å². The minimum absolute atomic E-state index is 0. The van der Waals surface area contributed by atoms with Crippen LogP contribution in [-0.2, 0) is 33.1 Å². The van der Waals surface area contributed by atoms with E-state index in [1.165, 1.54) is 84.9 Å². The Morgan fingerprint density at radius 3 is 1.23 bits per heavy atom. The van der Waals surface area contributed by atoms with E-state index < -0.39 is 39.9 Å². The van der Waals surface area contributed by atoms with Crippen LogP contribution in [0, 0.1) is 20.2 Å². The van der Waals surface area contributed by atoms with Gasteiger partial charge in [0.2, 0.25) is 0 Å². The van der Waals surface area contributed by atoms with Crippen LogP contribution in [0.15, 0.2) is 127 Å². The first-order valence-electron chi connectivity index (χ1n) is 16.2. The fraction of sp³-hybridized carbons (Fsp3) is 0.111.